The first-order valence-electron chi connectivity index (χ1n) is 5.80. The number of ether oxygens (including phenoxy) is 2. The van der Waals surface area contributed by atoms with Gasteiger partial charge in [0.2, 0.25) is 0 Å². The Bertz CT molecular complexity index is 521. The summed E-state index contributed by atoms with van der Waals surface area (Å²) in [5.41, 5.74) is 1.01. The van der Waals surface area contributed by atoms with Gasteiger partial charge in [-0.05, 0) is 11.8 Å². The number of nitrogens with zero attached hydrogens (tertiary/aromatic N) is 2. The molecule has 1 aliphatic heterocycles. The third kappa shape index (κ3) is 2.05. The van der Waals surface area contributed by atoms with Gasteiger partial charge in [0.25, 0.3) is 5.12 Å². The summed E-state index contributed by atoms with van der Waals surface area (Å²) in [6, 6.07) is 9.99. The Kier molecular flexibility index (Phi) is 3.11. The standard InChI is InChI=1S/C13H14N2O2S/c1-15-8-7-14-12(15)18-13(16-9-10-17-13)11-5-3-2-4-6-11/h2-8H,9-10H2,1H3. The highest BCUT2D eigenvalue weighted by Gasteiger charge is 2.41. The van der Waals surface area contributed by atoms with Gasteiger partial charge in [-0.15, -0.1) is 0 Å². The molecule has 0 unspecified atom stereocenters. The molecule has 0 atom stereocenters. The predicted octanol–water partition coefficient (Wildman–Crippen LogP) is 2.37. The summed E-state index contributed by atoms with van der Waals surface area (Å²) in [5, 5.41) is 0.112. The second kappa shape index (κ2) is 4.76. The third-order valence-corrected chi connectivity index (χ3v) is 4.11. The summed E-state index contributed by atoms with van der Waals surface area (Å²) in [6.45, 7) is 1.21. The Morgan fingerprint density at radius 1 is 1.22 bits per heavy atom. The summed E-state index contributed by atoms with van der Waals surface area (Å²) in [6.07, 6.45) is 3.69. The minimum Gasteiger partial charge on any atom is -0.335 e. The van der Waals surface area contributed by atoms with E-state index in [0.29, 0.717) is 13.2 Å². The van der Waals surface area contributed by atoms with Crippen molar-refractivity contribution in [3.05, 3.63) is 48.3 Å². The Hall–Kier alpha value is -1.30. The van der Waals surface area contributed by atoms with Crippen molar-refractivity contribution < 1.29 is 9.47 Å². The molecule has 4 nitrogen and oxygen atoms in total. The van der Waals surface area contributed by atoms with Crippen LogP contribution in [0.2, 0.25) is 0 Å². The van der Waals surface area contributed by atoms with E-state index < -0.39 is 5.12 Å². The quantitative estimate of drug-likeness (QED) is 0.851. The number of aromatic nitrogens is 2. The number of thioether (sulfide) groups is 1. The van der Waals surface area contributed by atoms with Crippen LogP contribution in [-0.4, -0.2) is 22.8 Å². The minimum absolute atomic E-state index is 0.603. The van der Waals surface area contributed by atoms with E-state index >= 15 is 0 Å². The largest absolute Gasteiger partial charge is 0.335 e. The molecule has 1 saturated heterocycles. The highest BCUT2D eigenvalue weighted by molar-refractivity contribution is 7.99. The van der Waals surface area contributed by atoms with Crippen LogP contribution in [-0.2, 0) is 21.6 Å². The average Bonchev–Trinajstić information content (AvgIpc) is 3.03. The van der Waals surface area contributed by atoms with Crippen molar-refractivity contribution in [3.8, 4) is 0 Å². The molecule has 5 heteroatoms. The number of benzene rings is 1. The van der Waals surface area contributed by atoms with Gasteiger partial charge in [0.15, 0.2) is 5.16 Å². The molecule has 1 aromatic heterocycles. The summed E-state index contributed by atoms with van der Waals surface area (Å²) in [4.78, 5) is 4.32. The molecule has 0 bridgehead atoms. The topological polar surface area (TPSA) is 36.3 Å². The molecule has 0 amide bonds. The van der Waals surface area contributed by atoms with Crippen LogP contribution in [0.5, 0.6) is 0 Å². The zero-order valence-corrected chi connectivity index (χ0v) is 10.9. The lowest BCUT2D eigenvalue weighted by Crippen LogP contribution is -2.23. The van der Waals surface area contributed by atoms with Crippen molar-refractivity contribution >= 4 is 11.8 Å². The predicted molar refractivity (Wildman–Crippen MR) is 69.1 cm³/mol. The number of hydrogen-bond acceptors (Lipinski definition) is 4. The van der Waals surface area contributed by atoms with Gasteiger partial charge < -0.3 is 14.0 Å². The first-order valence-corrected chi connectivity index (χ1v) is 6.62. The first-order chi connectivity index (χ1) is 8.80. The van der Waals surface area contributed by atoms with Crippen molar-refractivity contribution in [2.45, 2.75) is 10.3 Å². The molecule has 2 heterocycles. The Balaban J connectivity index is 1.95. The fourth-order valence-corrected chi connectivity index (χ4v) is 2.99. The van der Waals surface area contributed by atoms with Crippen LogP contribution in [0.25, 0.3) is 0 Å². The van der Waals surface area contributed by atoms with Gasteiger partial charge in [-0.1, -0.05) is 30.3 Å². The lowest BCUT2D eigenvalue weighted by Gasteiger charge is -2.26. The van der Waals surface area contributed by atoms with Gasteiger partial charge in [0.1, 0.15) is 0 Å². The highest BCUT2D eigenvalue weighted by atomic mass is 32.2. The van der Waals surface area contributed by atoms with Crippen molar-refractivity contribution in [2.75, 3.05) is 13.2 Å². The molecule has 0 spiro atoms. The molecule has 1 aromatic carbocycles. The molecule has 94 valence electrons. The fraction of sp³-hybridized carbons (Fsp3) is 0.308. The van der Waals surface area contributed by atoms with Crippen LogP contribution in [0.4, 0.5) is 0 Å². The maximum absolute atomic E-state index is 5.84. The summed E-state index contributed by atoms with van der Waals surface area (Å²) >= 11 is 1.49. The number of imidazole rings is 1. The molecule has 18 heavy (non-hydrogen) atoms. The monoisotopic (exact) mass is 262 g/mol. The lowest BCUT2D eigenvalue weighted by molar-refractivity contribution is -0.0818. The van der Waals surface area contributed by atoms with Crippen LogP contribution in [0.15, 0.2) is 47.9 Å². The van der Waals surface area contributed by atoms with Crippen LogP contribution < -0.4 is 0 Å². The first kappa shape index (κ1) is 11.8. The minimum atomic E-state index is -0.764. The van der Waals surface area contributed by atoms with Crippen molar-refractivity contribution in [1.82, 2.24) is 9.55 Å². The van der Waals surface area contributed by atoms with Crippen LogP contribution >= 0.6 is 11.8 Å². The maximum atomic E-state index is 5.84. The molecule has 0 saturated carbocycles. The van der Waals surface area contributed by atoms with E-state index in [0.717, 1.165) is 10.7 Å². The molecular weight excluding hydrogens is 248 g/mol. The molecule has 0 radical (unpaired) electrons. The lowest BCUT2D eigenvalue weighted by atomic mass is 10.2. The Morgan fingerprint density at radius 2 is 1.94 bits per heavy atom. The normalized spacial score (nSPS) is 18.1. The van der Waals surface area contributed by atoms with Crippen molar-refractivity contribution in [2.24, 2.45) is 7.05 Å². The average molecular weight is 262 g/mol. The SMILES string of the molecule is Cn1ccnc1SC1(c2ccccc2)OCCO1. The molecule has 0 N–H and O–H groups in total. The van der Waals surface area contributed by atoms with Gasteiger partial charge >= 0.3 is 0 Å². The van der Waals surface area contributed by atoms with Gasteiger partial charge in [0, 0.05) is 25.0 Å². The summed E-state index contributed by atoms with van der Waals surface area (Å²) in [7, 11) is 1.96. The van der Waals surface area contributed by atoms with Crippen molar-refractivity contribution in [1.29, 1.82) is 0 Å². The molecule has 3 rings (SSSR count). The molecule has 2 aromatic rings. The van der Waals surface area contributed by atoms with E-state index in [1.165, 1.54) is 11.8 Å². The van der Waals surface area contributed by atoms with Gasteiger partial charge in [-0.2, -0.15) is 0 Å². The van der Waals surface area contributed by atoms with E-state index in [2.05, 4.69) is 4.98 Å². The van der Waals surface area contributed by atoms with Crippen LogP contribution in [0.3, 0.4) is 0 Å². The Morgan fingerprint density at radius 3 is 2.56 bits per heavy atom. The van der Waals surface area contributed by atoms with Gasteiger partial charge in [-0.25, -0.2) is 4.98 Å². The van der Waals surface area contributed by atoms with Crippen LogP contribution in [0.1, 0.15) is 5.56 Å². The van der Waals surface area contributed by atoms with E-state index in [-0.39, 0.29) is 0 Å². The van der Waals surface area contributed by atoms with E-state index in [1.807, 2.05) is 48.1 Å². The third-order valence-electron chi connectivity index (χ3n) is 2.80. The number of rotatable bonds is 3. The smallest absolute Gasteiger partial charge is 0.253 e. The second-order valence-electron chi connectivity index (χ2n) is 4.04. The number of aryl methyl sites for hydroxylation is 1. The van der Waals surface area contributed by atoms with Gasteiger partial charge in [0.05, 0.1) is 13.2 Å². The van der Waals surface area contributed by atoms with E-state index in [1.54, 1.807) is 6.20 Å². The zero-order chi connectivity index (χ0) is 12.4. The van der Waals surface area contributed by atoms with Gasteiger partial charge in [-0.3, -0.25) is 0 Å². The van der Waals surface area contributed by atoms with Crippen LogP contribution in [0, 0.1) is 0 Å². The summed E-state index contributed by atoms with van der Waals surface area (Å²) < 4.78 is 13.6. The van der Waals surface area contributed by atoms with Crippen molar-refractivity contribution in [3.63, 3.8) is 0 Å². The molecule has 1 aliphatic rings. The molecular formula is C13H14N2O2S. The highest BCUT2D eigenvalue weighted by Crippen LogP contribution is 2.45. The summed E-state index contributed by atoms with van der Waals surface area (Å²) in [5.74, 6) is 0. The maximum Gasteiger partial charge on any atom is 0.253 e. The molecule has 1 fully saturated rings. The van der Waals surface area contributed by atoms with E-state index in [9.17, 15) is 0 Å². The molecule has 0 aliphatic carbocycles. The number of hydrogen-bond donors (Lipinski definition) is 0. The fourth-order valence-electron chi connectivity index (χ4n) is 1.89. The second-order valence-corrected chi connectivity index (χ2v) is 5.15. The zero-order valence-electron chi connectivity index (χ0n) is 10.1. The Labute approximate surface area is 110 Å². The van der Waals surface area contributed by atoms with E-state index in [4.69, 9.17) is 9.47 Å².